The SMILES string of the molecule is COc1cc(C)ccc1C1=NN(C(C)=O)C(c2ccc([N+](=O)[O-])cc2)C1. The van der Waals surface area contributed by atoms with Crippen LogP contribution in [-0.2, 0) is 4.79 Å². The monoisotopic (exact) mass is 353 g/mol. The van der Waals surface area contributed by atoms with Gasteiger partial charge >= 0.3 is 0 Å². The molecule has 0 aliphatic carbocycles. The fourth-order valence-corrected chi connectivity index (χ4v) is 3.08. The third-order valence-electron chi connectivity index (χ3n) is 4.39. The summed E-state index contributed by atoms with van der Waals surface area (Å²) in [5.74, 6) is 0.519. The first kappa shape index (κ1) is 17.6. The zero-order valence-electron chi connectivity index (χ0n) is 14.8. The minimum absolute atomic E-state index is 0.0162. The molecule has 1 amide bonds. The Kier molecular flexibility index (Phi) is 4.71. The van der Waals surface area contributed by atoms with Crippen LogP contribution in [0.5, 0.6) is 5.75 Å². The molecule has 0 saturated carbocycles. The number of carbonyl (C=O) groups is 1. The molecular formula is C19H19N3O4. The van der Waals surface area contributed by atoms with Crippen LogP contribution in [0, 0.1) is 17.0 Å². The number of nitrogens with zero attached hydrogens (tertiary/aromatic N) is 3. The van der Waals surface area contributed by atoms with Crippen molar-refractivity contribution in [2.45, 2.75) is 26.3 Å². The lowest BCUT2D eigenvalue weighted by atomic mass is 9.97. The van der Waals surface area contributed by atoms with E-state index in [1.54, 1.807) is 19.2 Å². The van der Waals surface area contributed by atoms with Gasteiger partial charge in [0.15, 0.2) is 0 Å². The van der Waals surface area contributed by atoms with Crippen molar-refractivity contribution in [1.29, 1.82) is 0 Å². The van der Waals surface area contributed by atoms with Crippen molar-refractivity contribution >= 4 is 17.3 Å². The molecule has 0 spiro atoms. The highest BCUT2D eigenvalue weighted by atomic mass is 16.6. The van der Waals surface area contributed by atoms with E-state index in [1.165, 1.54) is 24.1 Å². The van der Waals surface area contributed by atoms with E-state index in [-0.39, 0.29) is 17.6 Å². The zero-order valence-corrected chi connectivity index (χ0v) is 14.8. The summed E-state index contributed by atoms with van der Waals surface area (Å²) in [4.78, 5) is 22.5. The van der Waals surface area contributed by atoms with Crippen molar-refractivity contribution in [2.75, 3.05) is 7.11 Å². The quantitative estimate of drug-likeness (QED) is 0.621. The maximum atomic E-state index is 12.1. The number of methoxy groups -OCH3 is 1. The molecule has 7 heteroatoms. The molecular weight excluding hydrogens is 334 g/mol. The summed E-state index contributed by atoms with van der Waals surface area (Å²) in [6.45, 7) is 3.43. The van der Waals surface area contributed by atoms with Crippen LogP contribution in [0.2, 0.25) is 0 Å². The van der Waals surface area contributed by atoms with Gasteiger partial charge in [0.25, 0.3) is 5.69 Å². The van der Waals surface area contributed by atoms with E-state index >= 15 is 0 Å². The molecule has 3 rings (SSSR count). The van der Waals surface area contributed by atoms with E-state index < -0.39 is 4.92 Å². The molecule has 0 N–H and O–H groups in total. The molecule has 1 aliphatic heterocycles. The molecule has 1 heterocycles. The summed E-state index contributed by atoms with van der Waals surface area (Å²) >= 11 is 0. The number of nitro benzene ring substituents is 1. The summed E-state index contributed by atoms with van der Waals surface area (Å²) in [7, 11) is 1.60. The number of benzene rings is 2. The molecule has 7 nitrogen and oxygen atoms in total. The summed E-state index contributed by atoms with van der Waals surface area (Å²) in [6, 6.07) is 11.8. The topological polar surface area (TPSA) is 85.0 Å². The number of amides is 1. The minimum Gasteiger partial charge on any atom is -0.496 e. The Bertz CT molecular complexity index is 890. The Morgan fingerprint density at radius 2 is 1.96 bits per heavy atom. The van der Waals surface area contributed by atoms with Crippen molar-refractivity contribution < 1.29 is 14.5 Å². The number of hydrogen-bond acceptors (Lipinski definition) is 5. The van der Waals surface area contributed by atoms with Gasteiger partial charge in [-0.3, -0.25) is 14.9 Å². The Morgan fingerprint density at radius 1 is 1.27 bits per heavy atom. The normalized spacial score (nSPS) is 16.3. The van der Waals surface area contributed by atoms with Gasteiger partial charge in [0.05, 0.1) is 23.8 Å². The number of aryl methyl sites for hydroxylation is 1. The Balaban J connectivity index is 1.96. The highest BCUT2D eigenvalue weighted by Crippen LogP contribution is 2.35. The van der Waals surface area contributed by atoms with Crippen molar-refractivity contribution in [1.82, 2.24) is 5.01 Å². The summed E-state index contributed by atoms with van der Waals surface area (Å²) in [6.07, 6.45) is 0.511. The summed E-state index contributed by atoms with van der Waals surface area (Å²) in [5.41, 5.74) is 3.48. The van der Waals surface area contributed by atoms with Crippen LogP contribution in [0.3, 0.4) is 0 Å². The summed E-state index contributed by atoms with van der Waals surface area (Å²) in [5, 5.41) is 16.8. The second-order valence-electron chi connectivity index (χ2n) is 6.18. The number of rotatable bonds is 4. The van der Waals surface area contributed by atoms with Crippen molar-refractivity contribution in [3.8, 4) is 5.75 Å². The van der Waals surface area contributed by atoms with Gasteiger partial charge in [-0.25, -0.2) is 5.01 Å². The average Bonchev–Trinajstić information content (AvgIpc) is 3.07. The lowest BCUT2D eigenvalue weighted by molar-refractivity contribution is -0.384. The van der Waals surface area contributed by atoms with Crippen LogP contribution in [-0.4, -0.2) is 28.7 Å². The average molecular weight is 353 g/mol. The lowest BCUT2D eigenvalue weighted by Gasteiger charge is -2.20. The van der Waals surface area contributed by atoms with Gasteiger partial charge in [0.1, 0.15) is 5.75 Å². The van der Waals surface area contributed by atoms with Crippen LogP contribution in [0.4, 0.5) is 5.69 Å². The lowest BCUT2D eigenvalue weighted by Crippen LogP contribution is -2.24. The standard InChI is InChI=1S/C19H19N3O4/c1-12-4-9-16(19(10-12)26-3)17-11-18(21(20-17)13(2)23)14-5-7-15(8-6-14)22(24)25/h4-10,18H,11H2,1-3H3. The predicted octanol–water partition coefficient (Wildman–Crippen LogP) is 3.61. The fraction of sp³-hybridized carbons (Fsp3) is 0.263. The molecule has 26 heavy (non-hydrogen) atoms. The van der Waals surface area contributed by atoms with E-state index in [9.17, 15) is 14.9 Å². The van der Waals surface area contributed by atoms with Gasteiger partial charge in [0, 0.05) is 31.0 Å². The molecule has 1 unspecified atom stereocenters. The number of ether oxygens (including phenoxy) is 1. The highest BCUT2D eigenvalue weighted by molar-refractivity contribution is 6.05. The molecule has 134 valence electrons. The molecule has 0 saturated heterocycles. The van der Waals surface area contributed by atoms with E-state index in [0.29, 0.717) is 12.2 Å². The van der Waals surface area contributed by atoms with Crippen LogP contribution in [0.1, 0.15) is 36.1 Å². The maximum absolute atomic E-state index is 12.1. The van der Waals surface area contributed by atoms with Crippen molar-refractivity contribution in [3.05, 3.63) is 69.3 Å². The van der Waals surface area contributed by atoms with Gasteiger partial charge in [-0.1, -0.05) is 18.2 Å². The van der Waals surface area contributed by atoms with E-state index in [1.807, 2.05) is 25.1 Å². The number of non-ortho nitro benzene ring substituents is 1. The Labute approximate surface area is 151 Å². The highest BCUT2D eigenvalue weighted by Gasteiger charge is 2.32. The predicted molar refractivity (Wildman–Crippen MR) is 97.2 cm³/mol. The molecule has 0 fully saturated rings. The van der Waals surface area contributed by atoms with Crippen LogP contribution in [0.15, 0.2) is 47.6 Å². The molecule has 0 radical (unpaired) electrons. The van der Waals surface area contributed by atoms with E-state index in [2.05, 4.69) is 5.10 Å². The van der Waals surface area contributed by atoms with Crippen molar-refractivity contribution in [2.24, 2.45) is 5.10 Å². The minimum atomic E-state index is -0.444. The second kappa shape index (κ2) is 6.95. The van der Waals surface area contributed by atoms with Gasteiger partial charge in [-0.15, -0.1) is 0 Å². The first-order valence-corrected chi connectivity index (χ1v) is 8.17. The first-order chi connectivity index (χ1) is 12.4. The molecule has 2 aromatic rings. The maximum Gasteiger partial charge on any atom is 0.269 e. The van der Waals surface area contributed by atoms with Gasteiger partial charge in [-0.05, 0) is 30.2 Å². The second-order valence-corrected chi connectivity index (χ2v) is 6.18. The number of carbonyl (C=O) groups excluding carboxylic acids is 1. The van der Waals surface area contributed by atoms with Gasteiger partial charge in [0.2, 0.25) is 5.91 Å². The van der Waals surface area contributed by atoms with Crippen LogP contribution < -0.4 is 4.74 Å². The van der Waals surface area contributed by atoms with E-state index in [4.69, 9.17) is 4.74 Å². The Morgan fingerprint density at radius 3 is 2.54 bits per heavy atom. The third kappa shape index (κ3) is 3.28. The molecule has 0 bridgehead atoms. The Hall–Kier alpha value is -3.22. The van der Waals surface area contributed by atoms with E-state index in [0.717, 1.165) is 22.4 Å². The van der Waals surface area contributed by atoms with Crippen LogP contribution >= 0.6 is 0 Å². The molecule has 1 aliphatic rings. The number of hydrogen-bond donors (Lipinski definition) is 0. The molecule has 1 atom stereocenters. The number of nitro groups is 1. The largest absolute Gasteiger partial charge is 0.496 e. The zero-order chi connectivity index (χ0) is 18.8. The molecule has 2 aromatic carbocycles. The summed E-state index contributed by atoms with van der Waals surface area (Å²) < 4.78 is 5.46. The first-order valence-electron chi connectivity index (χ1n) is 8.17. The van der Waals surface area contributed by atoms with Crippen LogP contribution in [0.25, 0.3) is 0 Å². The van der Waals surface area contributed by atoms with Gasteiger partial charge in [-0.2, -0.15) is 5.10 Å². The van der Waals surface area contributed by atoms with Gasteiger partial charge < -0.3 is 4.74 Å². The van der Waals surface area contributed by atoms with Crippen molar-refractivity contribution in [3.63, 3.8) is 0 Å². The number of hydrazone groups is 1. The smallest absolute Gasteiger partial charge is 0.269 e. The molecule has 0 aromatic heterocycles. The fourth-order valence-electron chi connectivity index (χ4n) is 3.08. The third-order valence-corrected chi connectivity index (χ3v) is 4.39.